The normalized spacial score (nSPS) is 40.2. The molecule has 0 radical (unpaired) electrons. The number of rotatable bonds is 2. The summed E-state index contributed by atoms with van der Waals surface area (Å²) in [5.74, 6) is -1.09. The van der Waals surface area contributed by atoms with Crippen LogP contribution in [0.4, 0.5) is 0 Å². The molecule has 5 atom stereocenters. The van der Waals surface area contributed by atoms with Crippen molar-refractivity contribution in [1.29, 1.82) is 0 Å². The molecule has 0 saturated carbocycles. The molecule has 5 unspecified atom stereocenters. The number of hydrogen-bond acceptors (Lipinski definition) is 3. The summed E-state index contributed by atoms with van der Waals surface area (Å²) in [5.41, 5.74) is 0. The minimum atomic E-state index is -0.803. The first-order valence-electron chi connectivity index (χ1n) is 6.59. The van der Waals surface area contributed by atoms with Crippen LogP contribution in [0.2, 0.25) is 0 Å². The minimum absolute atomic E-state index is 0.0584. The van der Waals surface area contributed by atoms with E-state index in [0.717, 1.165) is 0 Å². The number of carbonyl (C=O) groups excluding carboxylic acids is 1. The van der Waals surface area contributed by atoms with Crippen LogP contribution >= 0.6 is 0 Å². The molecule has 2 saturated heterocycles. The molecule has 5 nitrogen and oxygen atoms in total. The Hall–Kier alpha value is -1.10. The standard InChI is InChI=1S/C13H21NO4/c1-7-8(2)18-9(3)11(7)12(15)14-5-4-10(6-14)13(16)17/h7-11H,4-6H2,1-3H3,(H,16,17). The highest BCUT2D eigenvalue weighted by Crippen LogP contribution is 2.34. The minimum Gasteiger partial charge on any atom is -0.481 e. The van der Waals surface area contributed by atoms with E-state index in [9.17, 15) is 9.59 Å². The summed E-state index contributed by atoms with van der Waals surface area (Å²) >= 11 is 0. The van der Waals surface area contributed by atoms with E-state index in [2.05, 4.69) is 0 Å². The summed E-state index contributed by atoms with van der Waals surface area (Å²) in [6.45, 7) is 6.84. The molecule has 1 N–H and O–H groups in total. The fourth-order valence-corrected chi connectivity index (χ4v) is 3.07. The van der Waals surface area contributed by atoms with Gasteiger partial charge in [-0.1, -0.05) is 6.92 Å². The third-order valence-electron chi connectivity index (χ3n) is 4.38. The molecule has 2 aliphatic rings. The maximum absolute atomic E-state index is 12.4. The zero-order chi connectivity index (χ0) is 13.4. The monoisotopic (exact) mass is 255 g/mol. The van der Waals surface area contributed by atoms with Crippen molar-refractivity contribution in [3.05, 3.63) is 0 Å². The molecule has 0 aromatic rings. The fraction of sp³-hybridized carbons (Fsp3) is 0.846. The summed E-state index contributed by atoms with van der Waals surface area (Å²) in [6.07, 6.45) is 0.575. The SMILES string of the molecule is CC1OC(C)C(C(=O)N2CCC(C(=O)O)C2)C1C. The third kappa shape index (κ3) is 2.23. The lowest BCUT2D eigenvalue weighted by Gasteiger charge is -2.24. The molecule has 0 aliphatic carbocycles. The van der Waals surface area contributed by atoms with Crippen molar-refractivity contribution in [3.63, 3.8) is 0 Å². The second kappa shape index (κ2) is 4.88. The van der Waals surface area contributed by atoms with Gasteiger partial charge in [-0.2, -0.15) is 0 Å². The van der Waals surface area contributed by atoms with Gasteiger partial charge in [0.05, 0.1) is 24.0 Å². The summed E-state index contributed by atoms with van der Waals surface area (Å²) < 4.78 is 5.68. The van der Waals surface area contributed by atoms with Crippen molar-refractivity contribution in [2.75, 3.05) is 13.1 Å². The van der Waals surface area contributed by atoms with E-state index in [1.54, 1.807) is 4.90 Å². The van der Waals surface area contributed by atoms with Crippen LogP contribution in [0.1, 0.15) is 27.2 Å². The molecule has 5 heteroatoms. The lowest BCUT2D eigenvalue weighted by atomic mass is 9.88. The number of aliphatic carboxylic acids is 1. The predicted octanol–water partition coefficient (Wildman–Crippen LogP) is 0.979. The molecule has 0 spiro atoms. The zero-order valence-electron chi connectivity index (χ0n) is 11.1. The fourth-order valence-electron chi connectivity index (χ4n) is 3.07. The van der Waals surface area contributed by atoms with E-state index in [0.29, 0.717) is 19.5 Å². The molecular weight excluding hydrogens is 234 g/mol. The number of ether oxygens (including phenoxy) is 1. The van der Waals surface area contributed by atoms with E-state index >= 15 is 0 Å². The Labute approximate surface area is 107 Å². The number of nitrogens with zero attached hydrogens (tertiary/aromatic N) is 1. The maximum Gasteiger partial charge on any atom is 0.308 e. The van der Waals surface area contributed by atoms with Crippen LogP contribution in [0.3, 0.4) is 0 Å². The molecule has 18 heavy (non-hydrogen) atoms. The van der Waals surface area contributed by atoms with Gasteiger partial charge in [0.15, 0.2) is 0 Å². The van der Waals surface area contributed by atoms with Gasteiger partial charge in [-0.15, -0.1) is 0 Å². The van der Waals surface area contributed by atoms with Crippen LogP contribution < -0.4 is 0 Å². The lowest BCUT2D eigenvalue weighted by Crippen LogP contribution is -2.40. The number of carboxylic acid groups (broad SMARTS) is 1. The smallest absolute Gasteiger partial charge is 0.308 e. The molecule has 2 heterocycles. The molecule has 2 aliphatic heterocycles. The van der Waals surface area contributed by atoms with E-state index in [1.807, 2.05) is 20.8 Å². The number of likely N-dealkylation sites (tertiary alicyclic amines) is 1. The van der Waals surface area contributed by atoms with E-state index < -0.39 is 11.9 Å². The highest BCUT2D eigenvalue weighted by Gasteiger charge is 2.44. The van der Waals surface area contributed by atoms with Gasteiger partial charge in [0.2, 0.25) is 5.91 Å². The van der Waals surface area contributed by atoms with Crippen LogP contribution in [0.25, 0.3) is 0 Å². The summed E-state index contributed by atoms with van der Waals surface area (Å²) in [7, 11) is 0. The van der Waals surface area contributed by atoms with E-state index in [4.69, 9.17) is 9.84 Å². The van der Waals surface area contributed by atoms with Crippen LogP contribution in [0.5, 0.6) is 0 Å². The number of carbonyl (C=O) groups is 2. The van der Waals surface area contributed by atoms with Crippen molar-refractivity contribution in [3.8, 4) is 0 Å². The Morgan fingerprint density at radius 2 is 1.89 bits per heavy atom. The average Bonchev–Trinajstić information content (AvgIpc) is 2.85. The first-order chi connectivity index (χ1) is 8.41. The second-order valence-electron chi connectivity index (χ2n) is 5.54. The van der Waals surface area contributed by atoms with Gasteiger partial charge < -0.3 is 14.7 Å². The second-order valence-corrected chi connectivity index (χ2v) is 5.54. The molecular formula is C13H21NO4. The number of hydrogen-bond donors (Lipinski definition) is 1. The Morgan fingerprint density at radius 1 is 1.22 bits per heavy atom. The molecule has 2 fully saturated rings. The van der Waals surface area contributed by atoms with Crippen LogP contribution in [0, 0.1) is 17.8 Å². The molecule has 2 rings (SSSR count). The Kier molecular flexibility index (Phi) is 3.61. The third-order valence-corrected chi connectivity index (χ3v) is 4.38. The topological polar surface area (TPSA) is 66.8 Å². The van der Waals surface area contributed by atoms with Gasteiger partial charge in [-0.25, -0.2) is 0 Å². The summed E-state index contributed by atoms with van der Waals surface area (Å²) in [5, 5.41) is 8.96. The Bertz CT molecular complexity index is 357. The van der Waals surface area contributed by atoms with Crippen LogP contribution in [-0.4, -0.2) is 47.2 Å². The highest BCUT2D eigenvalue weighted by molar-refractivity contribution is 5.81. The van der Waals surface area contributed by atoms with Gasteiger partial charge in [0.25, 0.3) is 0 Å². The number of amides is 1. The summed E-state index contributed by atoms with van der Waals surface area (Å²) in [6, 6.07) is 0. The quantitative estimate of drug-likeness (QED) is 0.798. The lowest BCUT2D eigenvalue weighted by molar-refractivity contribution is -0.142. The molecule has 1 amide bonds. The van der Waals surface area contributed by atoms with Gasteiger partial charge >= 0.3 is 5.97 Å². The van der Waals surface area contributed by atoms with Gasteiger partial charge in [-0.3, -0.25) is 9.59 Å². The van der Waals surface area contributed by atoms with E-state index in [1.165, 1.54) is 0 Å². The largest absolute Gasteiger partial charge is 0.481 e. The first-order valence-corrected chi connectivity index (χ1v) is 6.59. The van der Waals surface area contributed by atoms with Crippen molar-refractivity contribution in [2.24, 2.45) is 17.8 Å². The highest BCUT2D eigenvalue weighted by atomic mass is 16.5. The first kappa shape index (κ1) is 13.3. The Balaban J connectivity index is 2.02. The van der Waals surface area contributed by atoms with Gasteiger partial charge in [-0.05, 0) is 26.2 Å². The summed E-state index contributed by atoms with van der Waals surface area (Å²) in [4.78, 5) is 25.0. The molecule has 102 valence electrons. The van der Waals surface area contributed by atoms with Gasteiger partial charge in [0.1, 0.15) is 0 Å². The van der Waals surface area contributed by atoms with E-state index in [-0.39, 0.29) is 30.0 Å². The van der Waals surface area contributed by atoms with Gasteiger partial charge in [0, 0.05) is 13.1 Å². The van der Waals surface area contributed by atoms with Crippen LogP contribution in [0.15, 0.2) is 0 Å². The average molecular weight is 255 g/mol. The molecule has 0 aromatic heterocycles. The van der Waals surface area contributed by atoms with Crippen molar-refractivity contribution in [1.82, 2.24) is 4.90 Å². The molecule has 0 aromatic carbocycles. The predicted molar refractivity (Wildman–Crippen MR) is 65.0 cm³/mol. The maximum atomic E-state index is 12.4. The molecule has 0 bridgehead atoms. The number of carboxylic acids is 1. The van der Waals surface area contributed by atoms with Crippen molar-refractivity contribution >= 4 is 11.9 Å². The Morgan fingerprint density at radius 3 is 2.33 bits per heavy atom. The van der Waals surface area contributed by atoms with Crippen molar-refractivity contribution < 1.29 is 19.4 Å². The zero-order valence-corrected chi connectivity index (χ0v) is 11.1. The van der Waals surface area contributed by atoms with Crippen LogP contribution in [-0.2, 0) is 14.3 Å². The van der Waals surface area contributed by atoms with Crippen molar-refractivity contribution in [2.45, 2.75) is 39.4 Å².